The Bertz CT molecular complexity index is 277. The van der Waals surface area contributed by atoms with E-state index in [4.69, 9.17) is 20.4 Å². The summed E-state index contributed by atoms with van der Waals surface area (Å²) in [6.45, 7) is 0. The monoisotopic (exact) mass is 264 g/mol. The van der Waals surface area contributed by atoms with Gasteiger partial charge in [0.25, 0.3) is 0 Å². The summed E-state index contributed by atoms with van der Waals surface area (Å²) in [5.74, 6) is -5.03. The van der Waals surface area contributed by atoms with Crippen LogP contribution in [0.25, 0.3) is 0 Å². The smallest absolute Gasteiger partial charge is 0.328 e. The van der Waals surface area contributed by atoms with Crippen LogP contribution in [-0.2, 0) is 19.2 Å². The second-order valence-electron chi connectivity index (χ2n) is 2.02. The molecule has 0 unspecified atom stereocenters. The molecule has 0 fully saturated rings. The maximum absolute atomic E-state index is 9.55. The predicted octanol–water partition coefficient (Wildman–Crippen LogP) is -2.03. The highest BCUT2D eigenvalue weighted by atomic mass is 28.1. The van der Waals surface area contributed by atoms with Crippen LogP contribution < -0.4 is 0 Å². The molecule has 0 heterocycles. The summed E-state index contributed by atoms with van der Waals surface area (Å²) in [4.78, 5) is 38.2. The zero-order valence-electron chi connectivity index (χ0n) is 7.73. The molecule has 9 heteroatoms. The van der Waals surface area contributed by atoms with Crippen molar-refractivity contribution in [3.05, 3.63) is 24.3 Å². The summed E-state index contributed by atoms with van der Waals surface area (Å²) >= 11 is 0. The van der Waals surface area contributed by atoms with E-state index >= 15 is 0 Å². The first kappa shape index (κ1) is 20.0. The third kappa shape index (κ3) is 31.7. The maximum atomic E-state index is 9.55. The number of aliphatic carboxylic acids is 4. The Labute approximate surface area is 99.5 Å². The molecular weight excluding hydrogens is 252 g/mol. The third-order valence-corrected chi connectivity index (χ3v) is 0.737. The average Bonchev–Trinajstić information content (AvgIpc) is 2.12. The van der Waals surface area contributed by atoms with Crippen LogP contribution in [0.15, 0.2) is 24.3 Å². The standard InChI is InChI=1S/2C4H4O4.H4Si/c2*5-3(6)1-2-4(7)8;/h2*1-2H,(H,5,6)(H,7,8);1H4. The van der Waals surface area contributed by atoms with Gasteiger partial charge in [-0.25, -0.2) is 19.2 Å². The Balaban J connectivity index is -0.000000218. The van der Waals surface area contributed by atoms with E-state index in [9.17, 15) is 19.2 Å². The first-order valence-corrected chi connectivity index (χ1v) is 3.53. The van der Waals surface area contributed by atoms with Gasteiger partial charge in [0.1, 0.15) is 0 Å². The molecule has 0 aliphatic heterocycles. The van der Waals surface area contributed by atoms with Crippen LogP contribution >= 0.6 is 0 Å². The van der Waals surface area contributed by atoms with Crippen molar-refractivity contribution in [2.75, 3.05) is 0 Å². The summed E-state index contributed by atoms with van der Waals surface area (Å²) in [6, 6.07) is 0. The fourth-order valence-electron chi connectivity index (χ4n) is 0.285. The molecule has 0 rings (SSSR count). The van der Waals surface area contributed by atoms with Gasteiger partial charge >= 0.3 is 23.9 Å². The molecule has 96 valence electrons. The molecule has 0 bridgehead atoms. The summed E-state index contributed by atoms with van der Waals surface area (Å²) in [5.41, 5.74) is 0. The highest BCUT2D eigenvalue weighted by Crippen LogP contribution is 1.71. The van der Waals surface area contributed by atoms with Gasteiger partial charge in [0.2, 0.25) is 0 Å². The van der Waals surface area contributed by atoms with Crippen LogP contribution in [0.5, 0.6) is 0 Å². The van der Waals surface area contributed by atoms with Gasteiger partial charge in [-0.3, -0.25) is 0 Å². The molecule has 0 aromatic rings. The number of carboxylic acid groups (broad SMARTS) is 4. The van der Waals surface area contributed by atoms with Crippen LogP contribution in [0, 0.1) is 0 Å². The number of rotatable bonds is 4. The molecule has 0 radical (unpaired) electrons. The van der Waals surface area contributed by atoms with Crippen molar-refractivity contribution in [3.63, 3.8) is 0 Å². The Morgan fingerprint density at radius 1 is 0.529 bits per heavy atom. The van der Waals surface area contributed by atoms with Crippen molar-refractivity contribution in [1.29, 1.82) is 0 Å². The van der Waals surface area contributed by atoms with Crippen LogP contribution in [0.3, 0.4) is 0 Å². The van der Waals surface area contributed by atoms with Crippen LogP contribution in [0.2, 0.25) is 0 Å². The second kappa shape index (κ2) is 11.7. The number of hydrogen-bond acceptors (Lipinski definition) is 4. The van der Waals surface area contributed by atoms with Gasteiger partial charge in [0, 0.05) is 24.3 Å². The number of carbonyl (C=O) groups is 4. The molecule has 0 aliphatic carbocycles. The molecule has 8 nitrogen and oxygen atoms in total. The van der Waals surface area contributed by atoms with Gasteiger partial charge in [0.15, 0.2) is 0 Å². The first-order valence-electron chi connectivity index (χ1n) is 3.53. The number of hydrogen-bond donors (Lipinski definition) is 4. The molecule has 0 saturated heterocycles. The molecule has 0 aromatic carbocycles. The summed E-state index contributed by atoms with van der Waals surface area (Å²) in [7, 11) is 0. The Morgan fingerprint density at radius 3 is 0.706 bits per heavy atom. The molecule has 0 spiro atoms. The minimum absolute atomic E-state index is 0. The summed E-state index contributed by atoms with van der Waals surface area (Å²) in [5, 5.41) is 31.2. The van der Waals surface area contributed by atoms with Crippen molar-refractivity contribution in [3.8, 4) is 0 Å². The van der Waals surface area contributed by atoms with Gasteiger partial charge in [0.05, 0.1) is 0 Å². The van der Waals surface area contributed by atoms with Crippen molar-refractivity contribution in [2.24, 2.45) is 0 Å². The molecule has 17 heavy (non-hydrogen) atoms. The maximum Gasteiger partial charge on any atom is 0.328 e. The van der Waals surface area contributed by atoms with Crippen molar-refractivity contribution < 1.29 is 39.6 Å². The largest absolute Gasteiger partial charge is 0.478 e. The van der Waals surface area contributed by atoms with E-state index in [1.807, 2.05) is 0 Å². The Hall–Kier alpha value is -2.42. The third-order valence-electron chi connectivity index (χ3n) is 0.737. The first-order chi connectivity index (χ1) is 7.25. The summed E-state index contributed by atoms with van der Waals surface area (Å²) < 4.78 is 0. The molecule has 0 saturated carbocycles. The lowest BCUT2D eigenvalue weighted by Crippen LogP contribution is -1.91. The van der Waals surface area contributed by atoms with E-state index in [0.29, 0.717) is 24.3 Å². The fraction of sp³-hybridized carbons (Fsp3) is 0. The lowest BCUT2D eigenvalue weighted by atomic mass is 10.5. The van der Waals surface area contributed by atoms with E-state index in [0.717, 1.165) is 0 Å². The molecule has 0 atom stereocenters. The molecule has 0 amide bonds. The van der Waals surface area contributed by atoms with Crippen molar-refractivity contribution >= 4 is 34.8 Å². The Morgan fingerprint density at radius 2 is 0.647 bits per heavy atom. The van der Waals surface area contributed by atoms with Crippen molar-refractivity contribution in [2.45, 2.75) is 0 Å². The van der Waals surface area contributed by atoms with E-state index in [2.05, 4.69) is 0 Å². The topological polar surface area (TPSA) is 149 Å². The normalized spacial score (nSPS) is 8.94. The highest BCUT2D eigenvalue weighted by molar-refractivity contribution is 5.90. The number of carboxylic acids is 4. The van der Waals surface area contributed by atoms with Gasteiger partial charge in [-0.1, -0.05) is 0 Å². The molecule has 0 aromatic heterocycles. The molecule has 4 N–H and O–H groups in total. The molecular formula is C8H12O8Si. The van der Waals surface area contributed by atoms with E-state index < -0.39 is 23.9 Å². The zero-order chi connectivity index (χ0) is 13.1. The average molecular weight is 264 g/mol. The zero-order valence-corrected chi connectivity index (χ0v) is 7.73. The van der Waals surface area contributed by atoms with Crippen LogP contribution in [-0.4, -0.2) is 55.3 Å². The summed E-state index contributed by atoms with van der Waals surface area (Å²) in [6.07, 6.45) is 2.23. The molecule has 0 aliphatic rings. The van der Waals surface area contributed by atoms with Gasteiger partial charge < -0.3 is 20.4 Å². The second-order valence-corrected chi connectivity index (χ2v) is 2.02. The Kier molecular flexibility index (Phi) is 13.7. The minimum atomic E-state index is -1.26. The van der Waals surface area contributed by atoms with Gasteiger partial charge in [-0.2, -0.15) is 0 Å². The van der Waals surface area contributed by atoms with Gasteiger partial charge in [-0.15, -0.1) is 0 Å². The van der Waals surface area contributed by atoms with Crippen LogP contribution in [0.4, 0.5) is 0 Å². The quantitative estimate of drug-likeness (QED) is 0.335. The van der Waals surface area contributed by atoms with Crippen molar-refractivity contribution in [1.82, 2.24) is 0 Å². The lowest BCUT2D eigenvalue weighted by Gasteiger charge is -1.74. The predicted molar refractivity (Wildman–Crippen MR) is 60.2 cm³/mol. The lowest BCUT2D eigenvalue weighted by molar-refractivity contribution is -0.134. The SMILES string of the molecule is O=C(O)C=CC(=O)O.O=C(O)C=CC(=O)O.[SiH4]. The van der Waals surface area contributed by atoms with Crippen LogP contribution in [0.1, 0.15) is 0 Å². The van der Waals surface area contributed by atoms with E-state index in [1.165, 1.54) is 0 Å². The minimum Gasteiger partial charge on any atom is -0.478 e. The van der Waals surface area contributed by atoms with E-state index in [-0.39, 0.29) is 11.0 Å². The van der Waals surface area contributed by atoms with E-state index in [1.54, 1.807) is 0 Å². The fourth-order valence-corrected chi connectivity index (χ4v) is 0.285. The highest BCUT2D eigenvalue weighted by Gasteiger charge is 1.88. The van der Waals surface area contributed by atoms with Gasteiger partial charge in [-0.05, 0) is 11.0 Å².